The minimum absolute atomic E-state index is 0.118. The standard InChI is InChI=1S/C27H26ClN5O4/c1-15-6-8-18(12-20(15)28)30-27(37)32-11-10-19-17(14-32)4-3-5-21(19)31-22-13-24(34)33(26(22)36)23-9-7-16(2)29-25(23)35/h3-6,8,12-13,23,31H,2,7,9-11,14H2,1H3,(H,29,35)(H,30,37). The number of benzene rings is 2. The Labute approximate surface area is 219 Å². The summed E-state index contributed by atoms with van der Waals surface area (Å²) in [5, 5.41) is 9.19. The van der Waals surface area contributed by atoms with Crippen LogP contribution in [0, 0.1) is 6.92 Å². The second kappa shape index (κ2) is 9.74. The molecule has 5 amide bonds. The van der Waals surface area contributed by atoms with E-state index in [-0.39, 0.29) is 11.7 Å². The summed E-state index contributed by atoms with van der Waals surface area (Å²) in [5.74, 6) is -1.47. The van der Waals surface area contributed by atoms with Crippen molar-refractivity contribution in [3.05, 3.63) is 82.2 Å². The van der Waals surface area contributed by atoms with E-state index < -0.39 is 23.8 Å². The van der Waals surface area contributed by atoms with Gasteiger partial charge in [-0.05, 0) is 61.1 Å². The number of hydrogen-bond acceptors (Lipinski definition) is 5. The summed E-state index contributed by atoms with van der Waals surface area (Å²) in [7, 11) is 0. The van der Waals surface area contributed by atoms with Gasteiger partial charge in [0.2, 0.25) is 5.91 Å². The molecule has 190 valence electrons. The maximum atomic E-state index is 13.1. The van der Waals surface area contributed by atoms with Crippen LogP contribution < -0.4 is 16.0 Å². The van der Waals surface area contributed by atoms with E-state index in [1.54, 1.807) is 11.0 Å². The number of piperidine rings is 1. The van der Waals surface area contributed by atoms with Crippen LogP contribution in [0.3, 0.4) is 0 Å². The van der Waals surface area contributed by atoms with Crippen LogP contribution in [0.15, 0.2) is 60.4 Å². The highest BCUT2D eigenvalue weighted by atomic mass is 35.5. The zero-order valence-electron chi connectivity index (χ0n) is 20.3. The summed E-state index contributed by atoms with van der Waals surface area (Å²) in [6.07, 6.45) is 2.64. The maximum absolute atomic E-state index is 13.1. The Balaban J connectivity index is 1.27. The van der Waals surface area contributed by atoms with Gasteiger partial charge in [0, 0.05) is 41.3 Å². The van der Waals surface area contributed by atoms with Crippen LogP contribution >= 0.6 is 11.6 Å². The van der Waals surface area contributed by atoms with E-state index in [4.69, 9.17) is 11.6 Å². The van der Waals surface area contributed by atoms with Gasteiger partial charge >= 0.3 is 6.03 Å². The van der Waals surface area contributed by atoms with Gasteiger partial charge in [-0.25, -0.2) is 4.79 Å². The van der Waals surface area contributed by atoms with Crippen molar-refractivity contribution in [1.29, 1.82) is 0 Å². The van der Waals surface area contributed by atoms with Crippen LogP contribution in [0.1, 0.15) is 29.5 Å². The number of imide groups is 1. The minimum Gasteiger partial charge on any atom is -0.351 e. The molecule has 0 aromatic heterocycles. The van der Waals surface area contributed by atoms with Gasteiger partial charge < -0.3 is 20.9 Å². The number of fused-ring (bicyclic) bond motifs is 1. The quantitative estimate of drug-likeness (QED) is 0.533. The average Bonchev–Trinajstić information content (AvgIpc) is 3.14. The lowest BCUT2D eigenvalue weighted by Crippen LogP contribution is -2.52. The highest BCUT2D eigenvalue weighted by Crippen LogP contribution is 2.30. The van der Waals surface area contributed by atoms with Gasteiger partial charge in [-0.1, -0.05) is 36.4 Å². The molecule has 10 heteroatoms. The van der Waals surface area contributed by atoms with Crippen molar-refractivity contribution in [2.45, 2.75) is 38.8 Å². The molecule has 0 radical (unpaired) electrons. The molecule has 9 nitrogen and oxygen atoms in total. The number of carbonyl (C=O) groups excluding carboxylic acids is 4. The van der Waals surface area contributed by atoms with Crippen molar-refractivity contribution in [1.82, 2.24) is 15.1 Å². The van der Waals surface area contributed by atoms with Gasteiger partial charge in [0.15, 0.2) is 0 Å². The number of allylic oxidation sites excluding steroid dienone is 1. The minimum atomic E-state index is -0.860. The monoisotopic (exact) mass is 519 g/mol. The third-order valence-corrected chi connectivity index (χ3v) is 7.24. The van der Waals surface area contributed by atoms with E-state index in [0.29, 0.717) is 54.4 Å². The van der Waals surface area contributed by atoms with Crippen molar-refractivity contribution in [3.8, 4) is 0 Å². The molecular weight excluding hydrogens is 494 g/mol. The van der Waals surface area contributed by atoms with Crippen LogP contribution in [0.2, 0.25) is 5.02 Å². The van der Waals surface area contributed by atoms with Crippen molar-refractivity contribution < 1.29 is 19.2 Å². The Morgan fingerprint density at radius 3 is 2.73 bits per heavy atom. The summed E-state index contributed by atoms with van der Waals surface area (Å²) in [5.41, 5.74) is 4.85. The lowest BCUT2D eigenvalue weighted by atomic mass is 9.97. The Morgan fingerprint density at radius 2 is 1.97 bits per heavy atom. The molecule has 3 N–H and O–H groups in total. The molecule has 0 saturated carbocycles. The Bertz CT molecular complexity index is 1380. The summed E-state index contributed by atoms with van der Waals surface area (Å²) >= 11 is 6.17. The number of rotatable bonds is 4. The van der Waals surface area contributed by atoms with E-state index in [2.05, 4.69) is 22.5 Å². The number of urea groups is 1. The van der Waals surface area contributed by atoms with Crippen LogP contribution in [0.5, 0.6) is 0 Å². The van der Waals surface area contributed by atoms with Crippen molar-refractivity contribution >= 4 is 46.7 Å². The topological polar surface area (TPSA) is 111 Å². The summed E-state index contributed by atoms with van der Waals surface area (Å²) in [4.78, 5) is 53.7. The number of aryl methyl sites for hydroxylation is 1. The maximum Gasteiger partial charge on any atom is 0.322 e. The zero-order chi connectivity index (χ0) is 26.3. The van der Waals surface area contributed by atoms with E-state index in [0.717, 1.165) is 21.6 Å². The molecule has 0 aliphatic carbocycles. The van der Waals surface area contributed by atoms with E-state index in [9.17, 15) is 19.2 Å². The van der Waals surface area contributed by atoms with Crippen molar-refractivity contribution in [2.75, 3.05) is 17.2 Å². The second-order valence-corrected chi connectivity index (χ2v) is 9.76. The van der Waals surface area contributed by atoms with Gasteiger partial charge in [-0.15, -0.1) is 0 Å². The Hall–Kier alpha value is -4.11. The predicted octanol–water partition coefficient (Wildman–Crippen LogP) is 3.70. The Kier molecular flexibility index (Phi) is 6.47. The van der Waals surface area contributed by atoms with Crippen LogP contribution in [0.4, 0.5) is 16.2 Å². The lowest BCUT2D eigenvalue weighted by molar-refractivity contribution is -0.146. The second-order valence-electron chi connectivity index (χ2n) is 9.35. The number of anilines is 2. The molecule has 0 spiro atoms. The number of carbonyl (C=O) groups is 4. The number of halogens is 1. The third-order valence-electron chi connectivity index (χ3n) is 6.83. The first-order valence-electron chi connectivity index (χ1n) is 12.0. The van der Waals surface area contributed by atoms with Gasteiger partial charge in [0.25, 0.3) is 11.8 Å². The highest BCUT2D eigenvalue weighted by Gasteiger charge is 2.41. The Morgan fingerprint density at radius 1 is 1.16 bits per heavy atom. The highest BCUT2D eigenvalue weighted by molar-refractivity contribution is 6.31. The van der Waals surface area contributed by atoms with Crippen LogP contribution in [-0.2, 0) is 27.3 Å². The molecule has 5 rings (SSSR count). The van der Waals surface area contributed by atoms with Gasteiger partial charge in [-0.2, -0.15) is 0 Å². The normalized spacial score (nSPS) is 19.4. The first-order valence-corrected chi connectivity index (χ1v) is 12.4. The molecular formula is C27H26ClN5O4. The zero-order valence-corrected chi connectivity index (χ0v) is 21.0. The van der Waals surface area contributed by atoms with Gasteiger partial charge in [-0.3, -0.25) is 19.3 Å². The van der Waals surface area contributed by atoms with Gasteiger partial charge in [0.05, 0.1) is 0 Å². The number of amides is 5. The molecule has 1 atom stereocenters. The smallest absolute Gasteiger partial charge is 0.322 e. The van der Waals surface area contributed by atoms with Crippen molar-refractivity contribution in [3.63, 3.8) is 0 Å². The lowest BCUT2D eigenvalue weighted by Gasteiger charge is -2.31. The summed E-state index contributed by atoms with van der Waals surface area (Å²) < 4.78 is 0. The molecule has 3 aliphatic heterocycles. The summed E-state index contributed by atoms with van der Waals surface area (Å²) in [6.45, 7) is 6.50. The molecule has 0 bridgehead atoms. The largest absolute Gasteiger partial charge is 0.351 e. The van der Waals surface area contributed by atoms with E-state index in [1.807, 2.05) is 37.3 Å². The fraction of sp³-hybridized carbons (Fsp3) is 0.259. The molecule has 3 aliphatic rings. The molecule has 2 aromatic rings. The van der Waals surface area contributed by atoms with E-state index in [1.165, 1.54) is 6.08 Å². The first-order chi connectivity index (χ1) is 17.7. The average molecular weight is 520 g/mol. The molecule has 37 heavy (non-hydrogen) atoms. The SMILES string of the molecule is C=C1CCC(N2C(=O)C=C(Nc3cccc4c3CCN(C(=O)Nc3ccc(C)c(Cl)c3)C4)C2=O)C(=O)N1. The molecule has 1 saturated heterocycles. The van der Waals surface area contributed by atoms with E-state index >= 15 is 0 Å². The first kappa shape index (κ1) is 24.6. The molecule has 1 unspecified atom stereocenters. The molecule has 2 aromatic carbocycles. The molecule has 3 heterocycles. The van der Waals surface area contributed by atoms with Crippen molar-refractivity contribution in [2.24, 2.45) is 0 Å². The third kappa shape index (κ3) is 4.82. The number of hydrogen-bond donors (Lipinski definition) is 3. The predicted molar refractivity (Wildman–Crippen MR) is 140 cm³/mol. The van der Waals surface area contributed by atoms with Gasteiger partial charge in [0.1, 0.15) is 11.7 Å². The number of nitrogens with zero attached hydrogens (tertiary/aromatic N) is 2. The van der Waals surface area contributed by atoms with Crippen LogP contribution in [0.25, 0.3) is 0 Å². The fourth-order valence-corrected chi connectivity index (χ4v) is 4.98. The number of nitrogens with one attached hydrogen (secondary N) is 3. The molecule has 1 fully saturated rings. The van der Waals surface area contributed by atoms with Crippen LogP contribution in [-0.4, -0.2) is 46.1 Å². The fourth-order valence-electron chi connectivity index (χ4n) is 4.80. The summed E-state index contributed by atoms with van der Waals surface area (Å²) in [6, 6.07) is 9.90.